The van der Waals surface area contributed by atoms with Crippen LogP contribution < -0.4 is 5.32 Å². The van der Waals surface area contributed by atoms with Gasteiger partial charge in [-0.25, -0.2) is 4.68 Å². The number of hydrogen-bond donors (Lipinski definition) is 1. The second-order valence-corrected chi connectivity index (χ2v) is 9.46. The largest absolute Gasteiger partial charge is 0.351 e. The van der Waals surface area contributed by atoms with E-state index in [1.807, 2.05) is 36.4 Å². The molecule has 0 fully saturated rings. The molecule has 7 nitrogen and oxygen atoms in total. The molecule has 39 heavy (non-hydrogen) atoms. The fraction of sp³-hybridized carbons (Fsp3) is 0.0968. The maximum absolute atomic E-state index is 13.5. The number of benzene rings is 4. The van der Waals surface area contributed by atoms with Gasteiger partial charge in [0.25, 0.3) is 11.6 Å². The van der Waals surface area contributed by atoms with Gasteiger partial charge >= 0.3 is 0 Å². The molecule has 0 saturated carbocycles. The number of aromatic nitrogens is 2. The summed E-state index contributed by atoms with van der Waals surface area (Å²) in [6, 6.07) is 35.3. The van der Waals surface area contributed by atoms with Gasteiger partial charge in [0.15, 0.2) is 0 Å². The lowest BCUT2D eigenvalue weighted by molar-refractivity contribution is -0.384. The van der Waals surface area contributed by atoms with Gasteiger partial charge in [-0.1, -0.05) is 72.3 Å². The van der Waals surface area contributed by atoms with Crippen LogP contribution in [-0.4, -0.2) is 27.2 Å². The summed E-state index contributed by atoms with van der Waals surface area (Å²) in [7, 11) is 0. The zero-order valence-corrected chi connectivity index (χ0v) is 21.7. The highest BCUT2D eigenvalue weighted by Crippen LogP contribution is 2.28. The number of nitrogens with one attached hydrogen (secondary N) is 1. The van der Waals surface area contributed by atoms with Crippen molar-refractivity contribution in [1.82, 2.24) is 15.1 Å². The third-order valence-electron chi connectivity index (χ3n) is 6.51. The van der Waals surface area contributed by atoms with E-state index in [0.29, 0.717) is 40.6 Å². The zero-order valence-electron chi connectivity index (χ0n) is 20.9. The minimum absolute atomic E-state index is 0.0137. The highest BCUT2D eigenvalue weighted by molar-refractivity contribution is 6.30. The van der Waals surface area contributed by atoms with Gasteiger partial charge < -0.3 is 5.32 Å². The van der Waals surface area contributed by atoms with Gasteiger partial charge in [-0.05, 0) is 60.0 Å². The van der Waals surface area contributed by atoms with Crippen LogP contribution in [0.15, 0.2) is 115 Å². The molecule has 4 aromatic carbocycles. The molecule has 0 aliphatic carbocycles. The Hall–Kier alpha value is -4.75. The molecule has 0 aliphatic heterocycles. The molecular formula is C31H25ClN4O3. The van der Waals surface area contributed by atoms with Gasteiger partial charge in [-0.3, -0.25) is 14.9 Å². The molecule has 0 bridgehead atoms. The quantitative estimate of drug-likeness (QED) is 0.161. The van der Waals surface area contributed by atoms with Crippen molar-refractivity contribution >= 4 is 23.2 Å². The molecule has 5 rings (SSSR count). The Morgan fingerprint density at radius 2 is 1.46 bits per heavy atom. The third kappa shape index (κ3) is 6.05. The number of nitrogens with zero attached hydrogens (tertiary/aromatic N) is 3. The lowest BCUT2D eigenvalue weighted by Crippen LogP contribution is -2.28. The summed E-state index contributed by atoms with van der Waals surface area (Å²) >= 11 is 6.08. The van der Waals surface area contributed by atoms with E-state index in [0.717, 1.165) is 0 Å². The standard InChI is InChI=1S/C31H25ClN4O3/c32-25-13-17-26(18-14-25)35-30(21-29(34-35)24-11-15-27(16-12-24)36(38)39)31(37)33-20-19-28(22-7-3-1-4-8-22)23-9-5-2-6-10-23/h1-18,21,28H,19-20H2,(H,33,37). The molecule has 0 unspecified atom stereocenters. The van der Waals surface area contributed by atoms with Crippen molar-refractivity contribution < 1.29 is 9.72 Å². The average Bonchev–Trinajstić information content (AvgIpc) is 3.42. The molecule has 0 atom stereocenters. The van der Waals surface area contributed by atoms with E-state index in [1.165, 1.54) is 23.3 Å². The van der Waals surface area contributed by atoms with Crippen LogP contribution in [0.2, 0.25) is 5.02 Å². The van der Waals surface area contributed by atoms with Gasteiger partial charge in [0.2, 0.25) is 0 Å². The Bertz CT molecular complexity index is 1530. The Morgan fingerprint density at radius 3 is 2.03 bits per heavy atom. The molecule has 194 valence electrons. The van der Waals surface area contributed by atoms with Crippen LogP contribution >= 0.6 is 11.6 Å². The molecule has 1 N–H and O–H groups in total. The van der Waals surface area contributed by atoms with E-state index in [2.05, 4.69) is 34.7 Å². The van der Waals surface area contributed by atoms with Crippen LogP contribution in [0.25, 0.3) is 16.9 Å². The second kappa shape index (κ2) is 11.8. The first-order chi connectivity index (χ1) is 19.0. The lowest BCUT2D eigenvalue weighted by atomic mass is 9.88. The number of carbonyl (C=O) groups is 1. The summed E-state index contributed by atoms with van der Waals surface area (Å²) in [4.78, 5) is 24.1. The third-order valence-corrected chi connectivity index (χ3v) is 6.76. The van der Waals surface area contributed by atoms with Crippen molar-refractivity contribution in [3.8, 4) is 16.9 Å². The van der Waals surface area contributed by atoms with Gasteiger partial charge in [0.05, 0.1) is 16.3 Å². The van der Waals surface area contributed by atoms with Gasteiger partial charge in [-0.2, -0.15) is 5.10 Å². The SMILES string of the molecule is O=C(NCCC(c1ccccc1)c1ccccc1)c1cc(-c2ccc([N+](=O)[O-])cc2)nn1-c1ccc(Cl)cc1. The Morgan fingerprint density at radius 1 is 0.872 bits per heavy atom. The van der Waals surface area contributed by atoms with Crippen LogP contribution in [-0.2, 0) is 0 Å². The molecular weight excluding hydrogens is 512 g/mol. The van der Waals surface area contributed by atoms with E-state index < -0.39 is 4.92 Å². The van der Waals surface area contributed by atoms with Crippen molar-refractivity contribution in [1.29, 1.82) is 0 Å². The molecule has 0 aliphatic rings. The number of non-ortho nitro benzene ring substituents is 1. The number of amides is 1. The van der Waals surface area contributed by atoms with Crippen LogP contribution in [0.4, 0.5) is 5.69 Å². The lowest BCUT2D eigenvalue weighted by Gasteiger charge is -2.18. The van der Waals surface area contributed by atoms with Crippen LogP contribution in [0, 0.1) is 10.1 Å². The van der Waals surface area contributed by atoms with Crippen LogP contribution in [0.3, 0.4) is 0 Å². The van der Waals surface area contributed by atoms with Gasteiger partial charge in [-0.15, -0.1) is 0 Å². The predicted octanol–water partition coefficient (Wildman–Crippen LogP) is 7.05. The van der Waals surface area contributed by atoms with Crippen molar-refractivity contribution in [2.45, 2.75) is 12.3 Å². The first-order valence-electron chi connectivity index (χ1n) is 12.5. The van der Waals surface area contributed by atoms with E-state index in [-0.39, 0.29) is 17.5 Å². The molecule has 1 heterocycles. The minimum atomic E-state index is -0.451. The predicted molar refractivity (Wildman–Crippen MR) is 152 cm³/mol. The van der Waals surface area contributed by atoms with Gasteiger partial charge in [0, 0.05) is 35.2 Å². The highest BCUT2D eigenvalue weighted by Gasteiger charge is 2.20. The van der Waals surface area contributed by atoms with Crippen molar-refractivity contribution in [3.63, 3.8) is 0 Å². The summed E-state index contributed by atoms with van der Waals surface area (Å²) in [5.74, 6) is -0.143. The van der Waals surface area contributed by atoms with E-state index in [1.54, 1.807) is 47.1 Å². The van der Waals surface area contributed by atoms with Crippen LogP contribution in [0.5, 0.6) is 0 Å². The Labute approximate surface area is 230 Å². The number of rotatable bonds is 9. The van der Waals surface area contributed by atoms with Crippen LogP contribution in [0.1, 0.15) is 34.0 Å². The minimum Gasteiger partial charge on any atom is -0.351 e. The smallest absolute Gasteiger partial charge is 0.270 e. The number of hydrogen-bond acceptors (Lipinski definition) is 4. The summed E-state index contributed by atoms with van der Waals surface area (Å²) in [5.41, 5.74) is 4.56. The average molecular weight is 537 g/mol. The topological polar surface area (TPSA) is 90.1 Å². The molecule has 1 aromatic heterocycles. The second-order valence-electron chi connectivity index (χ2n) is 9.03. The first kappa shape index (κ1) is 25.9. The Kier molecular flexibility index (Phi) is 7.80. The van der Waals surface area contributed by atoms with Crippen molar-refractivity contribution in [3.05, 3.63) is 147 Å². The van der Waals surface area contributed by atoms with Crippen molar-refractivity contribution in [2.24, 2.45) is 0 Å². The number of nitro groups is 1. The maximum atomic E-state index is 13.5. The zero-order chi connectivity index (χ0) is 27.2. The maximum Gasteiger partial charge on any atom is 0.270 e. The van der Waals surface area contributed by atoms with E-state index in [9.17, 15) is 14.9 Å². The number of carbonyl (C=O) groups excluding carboxylic acids is 1. The molecule has 0 radical (unpaired) electrons. The molecule has 0 saturated heterocycles. The molecule has 0 spiro atoms. The van der Waals surface area contributed by atoms with Crippen molar-refractivity contribution in [2.75, 3.05) is 6.54 Å². The molecule has 5 aromatic rings. The van der Waals surface area contributed by atoms with E-state index in [4.69, 9.17) is 11.6 Å². The van der Waals surface area contributed by atoms with E-state index >= 15 is 0 Å². The fourth-order valence-corrected chi connectivity index (χ4v) is 4.66. The number of halogens is 1. The normalized spacial score (nSPS) is 10.9. The molecule has 8 heteroatoms. The van der Waals surface area contributed by atoms with Gasteiger partial charge in [0.1, 0.15) is 5.69 Å². The summed E-state index contributed by atoms with van der Waals surface area (Å²) in [6.45, 7) is 0.450. The fourth-order valence-electron chi connectivity index (χ4n) is 4.53. The number of nitro benzene ring substituents is 1. The Balaban J connectivity index is 1.40. The summed E-state index contributed by atoms with van der Waals surface area (Å²) in [5, 5.41) is 19.4. The molecule has 1 amide bonds. The highest BCUT2D eigenvalue weighted by atomic mass is 35.5. The summed E-state index contributed by atoms with van der Waals surface area (Å²) in [6.07, 6.45) is 0.712. The summed E-state index contributed by atoms with van der Waals surface area (Å²) < 4.78 is 1.56. The first-order valence-corrected chi connectivity index (χ1v) is 12.9. The monoisotopic (exact) mass is 536 g/mol.